The minimum atomic E-state index is 0.321. The summed E-state index contributed by atoms with van der Waals surface area (Å²) in [5.41, 5.74) is 1.70. The summed E-state index contributed by atoms with van der Waals surface area (Å²) < 4.78 is 3.77. The van der Waals surface area contributed by atoms with Gasteiger partial charge >= 0.3 is 0 Å². The standard InChI is InChI=1S/C12H10Cl3N5/c13-7-12-17-10-5-8(14)9(15)6-11(10)20(12)4-3-19-2-1-16-18-19/h1-2,5-6H,3-4,7H2. The Hall–Kier alpha value is -1.30. The van der Waals surface area contributed by atoms with Crippen molar-refractivity contribution in [1.29, 1.82) is 0 Å². The van der Waals surface area contributed by atoms with Crippen molar-refractivity contribution >= 4 is 45.8 Å². The average Bonchev–Trinajstić information content (AvgIpc) is 3.05. The summed E-state index contributed by atoms with van der Waals surface area (Å²) in [6.45, 7) is 1.36. The molecule has 5 nitrogen and oxygen atoms in total. The van der Waals surface area contributed by atoms with Crippen LogP contribution in [0.3, 0.4) is 0 Å². The Kier molecular flexibility index (Phi) is 3.83. The number of halogens is 3. The molecule has 0 bridgehead atoms. The summed E-state index contributed by atoms with van der Waals surface area (Å²) in [5, 5.41) is 8.70. The van der Waals surface area contributed by atoms with Crippen molar-refractivity contribution in [1.82, 2.24) is 24.5 Å². The summed E-state index contributed by atoms with van der Waals surface area (Å²) in [4.78, 5) is 4.48. The average molecular weight is 331 g/mol. The fourth-order valence-electron chi connectivity index (χ4n) is 2.08. The monoisotopic (exact) mass is 329 g/mol. The topological polar surface area (TPSA) is 48.5 Å². The van der Waals surface area contributed by atoms with E-state index >= 15 is 0 Å². The SMILES string of the molecule is ClCc1nc2cc(Cl)c(Cl)cc2n1CCn1ccnn1. The minimum Gasteiger partial charge on any atom is -0.325 e. The Balaban J connectivity index is 2.01. The zero-order valence-corrected chi connectivity index (χ0v) is 12.6. The molecule has 3 rings (SSSR count). The van der Waals surface area contributed by atoms with Gasteiger partial charge in [-0.2, -0.15) is 0 Å². The third-order valence-electron chi connectivity index (χ3n) is 3.01. The number of hydrogen-bond acceptors (Lipinski definition) is 3. The van der Waals surface area contributed by atoms with Crippen LogP contribution in [0.4, 0.5) is 0 Å². The number of benzene rings is 1. The van der Waals surface area contributed by atoms with Crippen LogP contribution in [0.15, 0.2) is 24.5 Å². The Morgan fingerprint density at radius 3 is 2.60 bits per heavy atom. The molecule has 2 heterocycles. The predicted molar refractivity (Wildman–Crippen MR) is 79.3 cm³/mol. The third kappa shape index (κ3) is 2.49. The van der Waals surface area contributed by atoms with E-state index in [1.54, 1.807) is 16.9 Å². The molecular weight excluding hydrogens is 321 g/mol. The molecule has 0 saturated carbocycles. The van der Waals surface area contributed by atoms with Gasteiger partial charge in [0.15, 0.2) is 0 Å². The summed E-state index contributed by atoms with van der Waals surface area (Å²) in [6.07, 6.45) is 3.45. The van der Waals surface area contributed by atoms with Gasteiger partial charge < -0.3 is 4.57 Å². The van der Waals surface area contributed by atoms with E-state index in [4.69, 9.17) is 34.8 Å². The molecule has 20 heavy (non-hydrogen) atoms. The lowest BCUT2D eigenvalue weighted by Crippen LogP contribution is -2.10. The zero-order valence-electron chi connectivity index (χ0n) is 10.3. The van der Waals surface area contributed by atoms with Gasteiger partial charge in [0.05, 0.1) is 39.7 Å². The third-order valence-corrected chi connectivity index (χ3v) is 3.97. The van der Waals surface area contributed by atoms with Crippen molar-refractivity contribution in [2.45, 2.75) is 19.0 Å². The lowest BCUT2D eigenvalue weighted by molar-refractivity contribution is 0.519. The van der Waals surface area contributed by atoms with Crippen molar-refractivity contribution in [3.63, 3.8) is 0 Å². The van der Waals surface area contributed by atoms with Crippen molar-refractivity contribution in [3.8, 4) is 0 Å². The molecular formula is C12H10Cl3N5. The highest BCUT2D eigenvalue weighted by atomic mass is 35.5. The first-order valence-electron chi connectivity index (χ1n) is 5.93. The molecule has 0 radical (unpaired) electrons. The Morgan fingerprint density at radius 2 is 1.90 bits per heavy atom. The van der Waals surface area contributed by atoms with Crippen LogP contribution < -0.4 is 0 Å². The Labute approximate surface area is 130 Å². The van der Waals surface area contributed by atoms with Crippen LogP contribution in [0.5, 0.6) is 0 Å². The van der Waals surface area contributed by atoms with Crippen LogP contribution in [-0.2, 0) is 19.0 Å². The fraction of sp³-hybridized carbons (Fsp3) is 0.250. The molecule has 0 aliphatic heterocycles. The van der Waals surface area contributed by atoms with Gasteiger partial charge in [0.1, 0.15) is 5.82 Å². The molecule has 0 fully saturated rings. The highest BCUT2D eigenvalue weighted by Gasteiger charge is 2.12. The van der Waals surface area contributed by atoms with E-state index in [1.807, 2.05) is 16.8 Å². The normalized spacial score (nSPS) is 11.3. The van der Waals surface area contributed by atoms with E-state index in [2.05, 4.69) is 15.3 Å². The molecule has 0 spiro atoms. The van der Waals surface area contributed by atoms with Gasteiger partial charge in [-0.05, 0) is 12.1 Å². The molecule has 0 saturated heterocycles. The zero-order chi connectivity index (χ0) is 14.1. The first kappa shape index (κ1) is 13.7. The Bertz CT molecular complexity index is 735. The number of fused-ring (bicyclic) bond motifs is 1. The number of hydrogen-bond donors (Lipinski definition) is 0. The lowest BCUT2D eigenvalue weighted by Gasteiger charge is -2.07. The number of nitrogens with zero attached hydrogens (tertiary/aromatic N) is 5. The number of aromatic nitrogens is 5. The van der Waals surface area contributed by atoms with Gasteiger partial charge in [-0.3, -0.25) is 4.68 Å². The second kappa shape index (κ2) is 5.60. The van der Waals surface area contributed by atoms with Crippen LogP contribution in [0.2, 0.25) is 10.0 Å². The first-order chi connectivity index (χ1) is 9.69. The molecule has 0 unspecified atom stereocenters. The van der Waals surface area contributed by atoms with Gasteiger partial charge in [-0.1, -0.05) is 28.4 Å². The molecule has 104 valence electrons. The predicted octanol–water partition coefficient (Wildman–Crippen LogP) is 3.37. The second-order valence-electron chi connectivity index (χ2n) is 4.23. The minimum absolute atomic E-state index is 0.321. The van der Waals surface area contributed by atoms with Crippen molar-refractivity contribution in [2.75, 3.05) is 0 Å². The highest BCUT2D eigenvalue weighted by Crippen LogP contribution is 2.28. The number of imidazole rings is 1. The van der Waals surface area contributed by atoms with E-state index < -0.39 is 0 Å². The van der Waals surface area contributed by atoms with Crippen molar-refractivity contribution < 1.29 is 0 Å². The molecule has 0 N–H and O–H groups in total. The van der Waals surface area contributed by atoms with Crippen LogP contribution in [0.25, 0.3) is 11.0 Å². The van der Waals surface area contributed by atoms with Crippen molar-refractivity contribution in [3.05, 3.63) is 40.4 Å². The maximum absolute atomic E-state index is 6.08. The van der Waals surface area contributed by atoms with E-state index in [0.717, 1.165) is 16.9 Å². The molecule has 8 heteroatoms. The van der Waals surface area contributed by atoms with E-state index in [0.29, 0.717) is 29.0 Å². The largest absolute Gasteiger partial charge is 0.325 e. The number of alkyl halides is 1. The highest BCUT2D eigenvalue weighted by molar-refractivity contribution is 6.42. The van der Waals surface area contributed by atoms with Gasteiger partial charge in [0.2, 0.25) is 0 Å². The summed E-state index contributed by atoms with van der Waals surface area (Å²) in [7, 11) is 0. The summed E-state index contributed by atoms with van der Waals surface area (Å²) in [5.74, 6) is 1.10. The summed E-state index contributed by atoms with van der Waals surface area (Å²) in [6, 6.07) is 3.56. The maximum atomic E-state index is 6.08. The molecule has 3 aromatic rings. The van der Waals surface area contributed by atoms with Gasteiger partial charge in [-0.25, -0.2) is 4.98 Å². The lowest BCUT2D eigenvalue weighted by atomic mass is 10.3. The number of rotatable bonds is 4. The van der Waals surface area contributed by atoms with Gasteiger partial charge in [0.25, 0.3) is 0 Å². The molecule has 0 amide bonds. The molecule has 0 aliphatic carbocycles. The molecule has 0 aliphatic rings. The van der Waals surface area contributed by atoms with Crippen LogP contribution in [0, 0.1) is 0 Å². The fourth-order valence-corrected chi connectivity index (χ4v) is 2.60. The quantitative estimate of drug-likeness (QED) is 0.689. The van der Waals surface area contributed by atoms with Crippen LogP contribution in [0.1, 0.15) is 5.82 Å². The van der Waals surface area contributed by atoms with Crippen LogP contribution >= 0.6 is 34.8 Å². The Morgan fingerprint density at radius 1 is 1.10 bits per heavy atom. The van der Waals surface area contributed by atoms with Crippen LogP contribution in [-0.4, -0.2) is 24.5 Å². The molecule has 1 aromatic carbocycles. The second-order valence-corrected chi connectivity index (χ2v) is 5.32. The van der Waals surface area contributed by atoms with E-state index in [-0.39, 0.29) is 0 Å². The van der Waals surface area contributed by atoms with Gasteiger partial charge in [0, 0.05) is 12.7 Å². The smallest absolute Gasteiger partial charge is 0.124 e. The molecule has 0 atom stereocenters. The maximum Gasteiger partial charge on any atom is 0.124 e. The first-order valence-corrected chi connectivity index (χ1v) is 7.22. The number of aryl methyl sites for hydroxylation is 2. The van der Waals surface area contributed by atoms with Gasteiger partial charge in [-0.15, -0.1) is 16.7 Å². The van der Waals surface area contributed by atoms with E-state index in [9.17, 15) is 0 Å². The summed E-state index contributed by atoms with van der Waals surface area (Å²) >= 11 is 18.1. The van der Waals surface area contributed by atoms with Crippen molar-refractivity contribution in [2.24, 2.45) is 0 Å². The molecule has 2 aromatic heterocycles. The van der Waals surface area contributed by atoms with E-state index in [1.165, 1.54) is 0 Å².